The first kappa shape index (κ1) is 19.9. The van der Waals surface area contributed by atoms with Crippen molar-refractivity contribution in [2.24, 2.45) is 0 Å². The third-order valence-electron chi connectivity index (χ3n) is 5.51. The van der Waals surface area contributed by atoms with Crippen LogP contribution in [0, 0.1) is 0 Å². The Balaban J connectivity index is 1.62. The topological polar surface area (TPSA) is 48.5 Å². The zero-order chi connectivity index (χ0) is 20.2. The van der Waals surface area contributed by atoms with Gasteiger partial charge in [0, 0.05) is 43.9 Å². The van der Waals surface area contributed by atoms with Gasteiger partial charge in [0.1, 0.15) is 5.82 Å². The highest BCUT2D eigenvalue weighted by Crippen LogP contribution is 2.34. The zero-order valence-corrected chi connectivity index (χ0v) is 18.0. The summed E-state index contributed by atoms with van der Waals surface area (Å²) in [6, 6.07) is 12.1. The Morgan fingerprint density at radius 2 is 1.86 bits per heavy atom. The molecular formula is C23H28N4OS. The smallest absolute Gasteiger partial charge is 0.251 e. The minimum Gasteiger partial charge on any atom is -0.353 e. The van der Waals surface area contributed by atoms with E-state index in [0.29, 0.717) is 12.1 Å². The number of amides is 1. The molecule has 1 aliphatic rings. The first-order valence-corrected chi connectivity index (χ1v) is 11.3. The largest absolute Gasteiger partial charge is 0.353 e. The van der Waals surface area contributed by atoms with E-state index in [2.05, 4.69) is 46.5 Å². The van der Waals surface area contributed by atoms with Crippen molar-refractivity contribution in [1.82, 2.24) is 15.2 Å². The standard InChI is InChI=1S/C23H28N4OS/c1-3-10-24-23(28)18-7-5-17(6-8-18)20-16-19-9-15-29-21(19)22(25-20)27-13-11-26(4-2)12-14-27/h5-9,15-16H,3-4,10-14H2,1-2H3,(H,24,28). The molecule has 1 fully saturated rings. The van der Waals surface area contributed by atoms with Gasteiger partial charge in [-0.1, -0.05) is 26.0 Å². The number of carbonyl (C=O) groups is 1. The monoisotopic (exact) mass is 408 g/mol. The fraction of sp³-hybridized carbons (Fsp3) is 0.391. The lowest BCUT2D eigenvalue weighted by atomic mass is 10.1. The van der Waals surface area contributed by atoms with Gasteiger partial charge in [-0.05, 0) is 48.0 Å². The number of pyridine rings is 1. The summed E-state index contributed by atoms with van der Waals surface area (Å²) in [6.45, 7) is 10.3. The van der Waals surface area contributed by atoms with Crippen LogP contribution in [0.15, 0.2) is 41.8 Å². The molecule has 1 N–H and O–H groups in total. The molecule has 0 atom stereocenters. The van der Waals surface area contributed by atoms with Crippen LogP contribution in [-0.4, -0.2) is 55.1 Å². The molecule has 4 rings (SSSR count). The van der Waals surface area contributed by atoms with Crippen LogP contribution in [0.4, 0.5) is 5.82 Å². The summed E-state index contributed by atoms with van der Waals surface area (Å²) in [5.74, 6) is 1.07. The van der Waals surface area contributed by atoms with E-state index >= 15 is 0 Å². The van der Waals surface area contributed by atoms with Crippen molar-refractivity contribution in [2.45, 2.75) is 20.3 Å². The zero-order valence-electron chi connectivity index (χ0n) is 17.1. The molecule has 6 heteroatoms. The fourth-order valence-electron chi connectivity index (χ4n) is 3.73. The van der Waals surface area contributed by atoms with Gasteiger partial charge >= 0.3 is 0 Å². The number of benzene rings is 1. The Bertz CT molecular complexity index is 974. The number of piperazine rings is 1. The van der Waals surface area contributed by atoms with E-state index in [0.717, 1.165) is 56.2 Å². The summed E-state index contributed by atoms with van der Waals surface area (Å²) in [4.78, 5) is 22.1. The second-order valence-corrected chi connectivity index (χ2v) is 8.34. The number of hydrogen-bond acceptors (Lipinski definition) is 5. The van der Waals surface area contributed by atoms with E-state index < -0.39 is 0 Å². The lowest BCUT2D eigenvalue weighted by molar-refractivity contribution is 0.0953. The van der Waals surface area contributed by atoms with Gasteiger partial charge in [0.2, 0.25) is 0 Å². The number of nitrogens with zero attached hydrogens (tertiary/aromatic N) is 3. The van der Waals surface area contributed by atoms with Gasteiger partial charge in [0.15, 0.2) is 0 Å². The van der Waals surface area contributed by atoms with Crippen molar-refractivity contribution in [1.29, 1.82) is 0 Å². The number of hydrogen-bond donors (Lipinski definition) is 1. The molecule has 29 heavy (non-hydrogen) atoms. The van der Waals surface area contributed by atoms with Crippen molar-refractivity contribution in [3.63, 3.8) is 0 Å². The minimum atomic E-state index is -0.0193. The normalized spacial score (nSPS) is 15.0. The molecule has 0 spiro atoms. The maximum Gasteiger partial charge on any atom is 0.251 e. The van der Waals surface area contributed by atoms with Crippen LogP contribution in [0.3, 0.4) is 0 Å². The molecule has 0 bridgehead atoms. The number of rotatable bonds is 6. The summed E-state index contributed by atoms with van der Waals surface area (Å²) in [5.41, 5.74) is 2.69. The van der Waals surface area contributed by atoms with E-state index in [9.17, 15) is 4.79 Å². The van der Waals surface area contributed by atoms with Crippen LogP contribution < -0.4 is 10.2 Å². The summed E-state index contributed by atoms with van der Waals surface area (Å²) < 4.78 is 1.26. The van der Waals surface area contributed by atoms with E-state index in [4.69, 9.17) is 4.98 Å². The number of thiophene rings is 1. The molecule has 1 aromatic carbocycles. The molecule has 0 radical (unpaired) electrons. The predicted octanol–water partition coefficient (Wildman–Crippen LogP) is 4.25. The van der Waals surface area contributed by atoms with Crippen molar-refractivity contribution in [2.75, 3.05) is 44.2 Å². The molecule has 2 aromatic heterocycles. The van der Waals surface area contributed by atoms with Gasteiger partial charge in [-0.2, -0.15) is 0 Å². The Hall–Kier alpha value is -2.44. The molecule has 0 unspecified atom stereocenters. The molecule has 0 aliphatic carbocycles. The van der Waals surface area contributed by atoms with Crippen molar-refractivity contribution < 1.29 is 4.79 Å². The first-order valence-electron chi connectivity index (χ1n) is 10.4. The highest BCUT2D eigenvalue weighted by atomic mass is 32.1. The van der Waals surface area contributed by atoms with Gasteiger partial charge in [0.25, 0.3) is 5.91 Å². The van der Waals surface area contributed by atoms with Crippen LogP contribution in [0.2, 0.25) is 0 Å². The molecule has 0 saturated carbocycles. The maximum absolute atomic E-state index is 12.2. The summed E-state index contributed by atoms with van der Waals surface area (Å²) in [5, 5.41) is 6.30. The molecule has 152 valence electrons. The molecule has 1 aliphatic heterocycles. The Morgan fingerprint density at radius 3 is 2.55 bits per heavy atom. The number of anilines is 1. The maximum atomic E-state index is 12.2. The number of likely N-dealkylation sites (N-methyl/N-ethyl adjacent to an activating group) is 1. The molecule has 1 amide bonds. The van der Waals surface area contributed by atoms with Gasteiger partial charge in [-0.3, -0.25) is 4.79 Å². The van der Waals surface area contributed by atoms with Crippen LogP contribution in [-0.2, 0) is 0 Å². The highest BCUT2D eigenvalue weighted by molar-refractivity contribution is 7.17. The Morgan fingerprint density at radius 1 is 1.10 bits per heavy atom. The molecule has 3 heterocycles. The van der Waals surface area contributed by atoms with Crippen molar-refractivity contribution in [3.05, 3.63) is 47.3 Å². The van der Waals surface area contributed by atoms with Gasteiger partial charge in [-0.15, -0.1) is 11.3 Å². The Kier molecular flexibility index (Phi) is 6.11. The third kappa shape index (κ3) is 4.28. The van der Waals surface area contributed by atoms with E-state index in [-0.39, 0.29) is 5.91 Å². The fourth-order valence-corrected chi connectivity index (χ4v) is 4.62. The third-order valence-corrected chi connectivity index (χ3v) is 6.44. The minimum absolute atomic E-state index is 0.0193. The van der Waals surface area contributed by atoms with Crippen LogP contribution in [0.1, 0.15) is 30.6 Å². The Labute approximate surface area is 176 Å². The van der Waals surface area contributed by atoms with Crippen LogP contribution >= 0.6 is 11.3 Å². The van der Waals surface area contributed by atoms with Crippen molar-refractivity contribution in [3.8, 4) is 11.3 Å². The molecular weight excluding hydrogens is 380 g/mol. The number of aromatic nitrogens is 1. The van der Waals surface area contributed by atoms with Crippen LogP contribution in [0.25, 0.3) is 21.3 Å². The summed E-state index contributed by atoms with van der Waals surface area (Å²) in [7, 11) is 0. The van der Waals surface area contributed by atoms with E-state index in [1.54, 1.807) is 11.3 Å². The van der Waals surface area contributed by atoms with E-state index in [1.165, 1.54) is 10.1 Å². The first-order chi connectivity index (χ1) is 14.2. The predicted molar refractivity (Wildman–Crippen MR) is 122 cm³/mol. The second-order valence-electron chi connectivity index (χ2n) is 7.42. The average Bonchev–Trinajstić information content (AvgIpc) is 3.26. The summed E-state index contributed by atoms with van der Waals surface area (Å²) >= 11 is 1.76. The van der Waals surface area contributed by atoms with Gasteiger partial charge in [-0.25, -0.2) is 4.98 Å². The number of nitrogens with one attached hydrogen (secondary N) is 1. The van der Waals surface area contributed by atoms with Gasteiger partial charge in [0.05, 0.1) is 10.4 Å². The SMILES string of the molecule is CCCNC(=O)c1ccc(-c2cc3ccsc3c(N3CCN(CC)CC3)n2)cc1. The van der Waals surface area contributed by atoms with E-state index in [1.807, 2.05) is 24.3 Å². The number of carbonyl (C=O) groups excluding carboxylic acids is 1. The van der Waals surface area contributed by atoms with Crippen molar-refractivity contribution >= 4 is 33.1 Å². The highest BCUT2D eigenvalue weighted by Gasteiger charge is 2.20. The quantitative estimate of drug-likeness (QED) is 0.663. The summed E-state index contributed by atoms with van der Waals surface area (Å²) in [6.07, 6.45) is 0.934. The van der Waals surface area contributed by atoms with Gasteiger partial charge < -0.3 is 15.1 Å². The molecule has 5 nitrogen and oxygen atoms in total. The number of fused-ring (bicyclic) bond motifs is 1. The second kappa shape index (κ2) is 8.93. The molecule has 1 saturated heterocycles. The van der Waals surface area contributed by atoms with Crippen LogP contribution in [0.5, 0.6) is 0 Å². The lowest BCUT2D eigenvalue weighted by Crippen LogP contribution is -2.46. The molecule has 3 aromatic rings. The average molecular weight is 409 g/mol. The lowest BCUT2D eigenvalue weighted by Gasteiger charge is -2.35.